The number of non-ortho nitro benzene ring substituents is 1. The van der Waals surface area contributed by atoms with Gasteiger partial charge in [-0.3, -0.25) is 20.2 Å². The van der Waals surface area contributed by atoms with Crippen LogP contribution in [0, 0.1) is 10.1 Å². The molecule has 0 bridgehead atoms. The molecule has 1 aromatic heterocycles. The van der Waals surface area contributed by atoms with Crippen LogP contribution in [0.1, 0.15) is 10.4 Å². The first kappa shape index (κ1) is 26.8. The number of carbonyl (C=O) groups is 1. The Morgan fingerprint density at radius 2 is 1.80 bits per heavy atom. The van der Waals surface area contributed by atoms with Crippen LogP contribution in [-0.4, -0.2) is 47.2 Å². The zero-order chi connectivity index (χ0) is 28.5. The topological polar surface area (TPSA) is 123 Å². The van der Waals surface area contributed by atoms with Gasteiger partial charge in [-0.25, -0.2) is 4.98 Å². The second-order valence-corrected chi connectivity index (χ2v) is 10.6. The van der Waals surface area contributed by atoms with Crippen LogP contribution in [0.3, 0.4) is 0 Å². The number of hydrogen-bond donors (Lipinski definition) is 2. The number of nitro benzene ring substituents is 1. The number of rotatable bonds is 5. The summed E-state index contributed by atoms with van der Waals surface area (Å²) in [6.45, 7) is 2.14. The lowest BCUT2D eigenvalue weighted by Crippen LogP contribution is -2.39. The molecule has 1 saturated heterocycles. The van der Waals surface area contributed by atoms with Crippen LogP contribution in [0.4, 0.5) is 17.1 Å². The largest absolute Gasteiger partial charge is 0.436 e. The van der Waals surface area contributed by atoms with E-state index in [1.165, 1.54) is 12.1 Å². The van der Waals surface area contributed by atoms with E-state index in [4.69, 9.17) is 26.4 Å². The molecule has 5 aromatic rings. The SMILES string of the molecule is O=C(NC(=S)Nc1ccc2oc(-c3cccc4c(Br)cccc34)nc2c1)c1cc([N+](=O)[O-])ccc1N1CCOCC1. The molecule has 10 nitrogen and oxygen atoms in total. The lowest BCUT2D eigenvalue weighted by molar-refractivity contribution is -0.384. The highest BCUT2D eigenvalue weighted by Crippen LogP contribution is 2.34. The van der Waals surface area contributed by atoms with Crippen LogP contribution in [-0.2, 0) is 4.74 Å². The molecule has 1 aliphatic rings. The first-order valence-corrected chi connectivity index (χ1v) is 13.9. The van der Waals surface area contributed by atoms with Gasteiger partial charge >= 0.3 is 0 Å². The van der Waals surface area contributed by atoms with E-state index in [1.54, 1.807) is 24.3 Å². The Hall–Kier alpha value is -4.39. The maximum Gasteiger partial charge on any atom is 0.270 e. The number of nitrogens with zero attached hydrogens (tertiary/aromatic N) is 3. The lowest BCUT2D eigenvalue weighted by atomic mass is 10.0. The standard InChI is InChI=1S/C29H22BrN5O5S/c30-23-6-2-3-19-20(23)4-1-5-21(19)28-32-24-15-17(7-10-26(24)40-28)31-29(41)33-27(36)22-16-18(35(37)38)8-9-25(22)34-11-13-39-14-12-34/h1-10,15-16H,11-14H2,(H2,31,33,36,41). The van der Waals surface area contributed by atoms with Crippen LogP contribution >= 0.6 is 28.1 Å². The maximum atomic E-state index is 13.2. The van der Waals surface area contributed by atoms with Gasteiger partial charge < -0.3 is 19.4 Å². The van der Waals surface area contributed by atoms with E-state index in [0.717, 1.165) is 20.8 Å². The highest BCUT2D eigenvalue weighted by atomic mass is 79.9. The summed E-state index contributed by atoms with van der Waals surface area (Å²) in [6.07, 6.45) is 0. The highest BCUT2D eigenvalue weighted by molar-refractivity contribution is 9.10. The number of nitrogens with one attached hydrogen (secondary N) is 2. The van der Waals surface area contributed by atoms with Gasteiger partial charge in [0.1, 0.15) is 5.52 Å². The van der Waals surface area contributed by atoms with Gasteiger partial charge in [0.25, 0.3) is 11.6 Å². The van der Waals surface area contributed by atoms with Crippen molar-refractivity contribution >= 4 is 78.1 Å². The minimum atomic E-state index is -0.556. The Bertz CT molecular complexity index is 1840. The number of oxazole rings is 1. The second-order valence-electron chi connectivity index (χ2n) is 9.31. The number of thiocarbonyl (C=S) groups is 1. The summed E-state index contributed by atoms with van der Waals surface area (Å²) in [5, 5.41) is 19.1. The van der Waals surface area contributed by atoms with Crippen LogP contribution < -0.4 is 15.5 Å². The molecule has 1 amide bonds. The van der Waals surface area contributed by atoms with Gasteiger partial charge in [0.05, 0.1) is 29.4 Å². The molecule has 4 aromatic carbocycles. The fraction of sp³-hybridized carbons (Fsp3) is 0.138. The highest BCUT2D eigenvalue weighted by Gasteiger charge is 2.23. The minimum Gasteiger partial charge on any atom is -0.436 e. The van der Waals surface area contributed by atoms with Crippen molar-refractivity contribution in [3.63, 3.8) is 0 Å². The normalized spacial score (nSPS) is 13.3. The van der Waals surface area contributed by atoms with Crippen molar-refractivity contribution in [3.05, 3.63) is 92.9 Å². The fourth-order valence-electron chi connectivity index (χ4n) is 4.81. The summed E-state index contributed by atoms with van der Waals surface area (Å²) in [5.74, 6) is -0.0716. The molecule has 0 saturated carbocycles. The van der Waals surface area contributed by atoms with Crippen LogP contribution in [0.15, 0.2) is 81.7 Å². The molecule has 1 aliphatic heterocycles. The van der Waals surface area contributed by atoms with Gasteiger partial charge in [-0.15, -0.1) is 0 Å². The van der Waals surface area contributed by atoms with E-state index in [-0.39, 0.29) is 16.4 Å². The van der Waals surface area contributed by atoms with Crippen molar-refractivity contribution in [3.8, 4) is 11.5 Å². The van der Waals surface area contributed by atoms with Crippen molar-refractivity contribution in [1.29, 1.82) is 0 Å². The van der Waals surface area contributed by atoms with Gasteiger partial charge in [-0.1, -0.05) is 40.2 Å². The third-order valence-electron chi connectivity index (χ3n) is 6.76. The molecule has 0 spiro atoms. The average molecular weight is 632 g/mol. The lowest BCUT2D eigenvalue weighted by Gasteiger charge is -2.30. The summed E-state index contributed by atoms with van der Waals surface area (Å²) < 4.78 is 12.4. The Kier molecular flexibility index (Phi) is 7.35. The molecule has 0 unspecified atom stereocenters. The quantitative estimate of drug-likeness (QED) is 0.131. The number of morpholine rings is 1. The van der Waals surface area contributed by atoms with Crippen molar-refractivity contribution in [2.75, 3.05) is 36.5 Å². The number of halogens is 1. The zero-order valence-corrected chi connectivity index (χ0v) is 23.8. The Morgan fingerprint density at radius 3 is 2.61 bits per heavy atom. The van der Waals surface area contributed by atoms with Crippen molar-refractivity contribution in [2.24, 2.45) is 0 Å². The van der Waals surface area contributed by atoms with E-state index < -0.39 is 10.8 Å². The molecule has 2 heterocycles. The van der Waals surface area contributed by atoms with Gasteiger partial charge in [0.2, 0.25) is 5.89 Å². The van der Waals surface area contributed by atoms with E-state index in [0.29, 0.717) is 54.7 Å². The number of nitro groups is 1. The van der Waals surface area contributed by atoms with Gasteiger partial charge in [-0.05, 0) is 59.4 Å². The van der Waals surface area contributed by atoms with E-state index >= 15 is 0 Å². The Labute approximate surface area is 247 Å². The molecule has 12 heteroatoms. The predicted octanol–water partition coefficient (Wildman–Crippen LogP) is 6.28. The third-order valence-corrected chi connectivity index (χ3v) is 7.65. The molecule has 1 fully saturated rings. The fourth-order valence-corrected chi connectivity index (χ4v) is 5.52. The molecular weight excluding hydrogens is 610 g/mol. The smallest absolute Gasteiger partial charge is 0.270 e. The first-order valence-electron chi connectivity index (χ1n) is 12.7. The van der Waals surface area contributed by atoms with Gasteiger partial charge in [0, 0.05) is 40.9 Å². The molecule has 41 heavy (non-hydrogen) atoms. The Morgan fingerprint density at radius 1 is 1.02 bits per heavy atom. The van der Waals surface area contributed by atoms with E-state index in [2.05, 4.69) is 26.6 Å². The summed E-state index contributed by atoms with van der Waals surface area (Å²) in [4.78, 5) is 30.8. The maximum absolute atomic E-state index is 13.2. The molecule has 0 aliphatic carbocycles. The van der Waals surface area contributed by atoms with Crippen molar-refractivity contribution in [2.45, 2.75) is 0 Å². The second kappa shape index (κ2) is 11.2. The predicted molar refractivity (Wildman–Crippen MR) is 164 cm³/mol. The number of ether oxygens (including phenoxy) is 1. The van der Waals surface area contributed by atoms with Crippen LogP contribution in [0.25, 0.3) is 33.3 Å². The number of benzene rings is 4. The molecule has 6 rings (SSSR count). The number of anilines is 2. The first-order chi connectivity index (χ1) is 19.9. The summed E-state index contributed by atoms with van der Waals surface area (Å²) in [6, 6.07) is 21.5. The number of amides is 1. The number of carbonyl (C=O) groups excluding carboxylic acids is 1. The zero-order valence-electron chi connectivity index (χ0n) is 21.4. The van der Waals surface area contributed by atoms with Crippen LogP contribution in [0.5, 0.6) is 0 Å². The van der Waals surface area contributed by atoms with Gasteiger partial charge in [-0.2, -0.15) is 0 Å². The summed E-state index contributed by atoms with van der Waals surface area (Å²) >= 11 is 9.00. The Balaban J connectivity index is 1.22. The third kappa shape index (κ3) is 5.49. The minimum absolute atomic E-state index is 0.0383. The van der Waals surface area contributed by atoms with E-state index in [9.17, 15) is 14.9 Å². The van der Waals surface area contributed by atoms with Gasteiger partial charge in [0.15, 0.2) is 10.7 Å². The van der Waals surface area contributed by atoms with Crippen LogP contribution in [0.2, 0.25) is 0 Å². The number of fused-ring (bicyclic) bond motifs is 2. The number of hydrogen-bond acceptors (Lipinski definition) is 8. The molecule has 206 valence electrons. The molecule has 0 atom stereocenters. The summed E-state index contributed by atoms with van der Waals surface area (Å²) in [5.41, 5.74) is 3.22. The van der Waals surface area contributed by atoms with Crippen molar-refractivity contribution < 1.29 is 18.9 Å². The monoisotopic (exact) mass is 631 g/mol. The molecule has 2 N–H and O–H groups in total. The van der Waals surface area contributed by atoms with E-state index in [1.807, 2.05) is 41.3 Å². The van der Waals surface area contributed by atoms with Crippen molar-refractivity contribution in [1.82, 2.24) is 10.3 Å². The number of aromatic nitrogens is 1. The molecule has 0 radical (unpaired) electrons. The average Bonchev–Trinajstić information content (AvgIpc) is 3.40. The molecular formula is C29H22BrN5O5S. The summed E-state index contributed by atoms with van der Waals surface area (Å²) in [7, 11) is 0.